The zero-order valence-corrected chi connectivity index (χ0v) is 17.0. The molecule has 1 saturated heterocycles. The standard InChI is InChI=1S/C19H25N5O3S/c1-14-21-22-19(24(14)15-6-8-16(27-2)9-7-15)28-13-17(25)20-10-4-12-23-11-3-5-18(23)26/h6-9H,3-5,10-13H2,1-2H3,(H,20,25). The molecule has 1 aliphatic rings. The van der Waals surface area contributed by atoms with E-state index in [0.717, 1.165) is 36.6 Å². The van der Waals surface area contributed by atoms with Crippen LogP contribution < -0.4 is 10.1 Å². The van der Waals surface area contributed by atoms with Gasteiger partial charge in [-0.25, -0.2) is 0 Å². The van der Waals surface area contributed by atoms with Crippen molar-refractivity contribution in [3.63, 3.8) is 0 Å². The molecule has 1 aromatic carbocycles. The highest BCUT2D eigenvalue weighted by molar-refractivity contribution is 7.99. The van der Waals surface area contributed by atoms with Gasteiger partial charge in [-0.3, -0.25) is 14.2 Å². The van der Waals surface area contributed by atoms with Crippen molar-refractivity contribution >= 4 is 23.6 Å². The number of aromatic nitrogens is 3. The third-order valence-corrected chi connectivity index (χ3v) is 5.49. The van der Waals surface area contributed by atoms with E-state index in [-0.39, 0.29) is 17.6 Å². The zero-order valence-electron chi connectivity index (χ0n) is 16.2. The average molecular weight is 404 g/mol. The van der Waals surface area contributed by atoms with Crippen molar-refractivity contribution in [1.82, 2.24) is 25.0 Å². The summed E-state index contributed by atoms with van der Waals surface area (Å²) in [7, 11) is 1.63. The lowest BCUT2D eigenvalue weighted by molar-refractivity contribution is -0.127. The Bertz CT molecular complexity index is 821. The van der Waals surface area contributed by atoms with Gasteiger partial charge < -0.3 is 15.0 Å². The summed E-state index contributed by atoms with van der Waals surface area (Å²) < 4.78 is 7.10. The predicted molar refractivity (Wildman–Crippen MR) is 107 cm³/mol. The lowest BCUT2D eigenvalue weighted by Gasteiger charge is -2.15. The van der Waals surface area contributed by atoms with Crippen LogP contribution in [0.5, 0.6) is 5.75 Å². The van der Waals surface area contributed by atoms with Gasteiger partial charge in [0, 0.05) is 31.7 Å². The lowest BCUT2D eigenvalue weighted by Crippen LogP contribution is -2.31. The second-order valence-electron chi connectivity index (χ2n) is 6.54. The van der Waals surface area contributed by atoms with Crippen LogP contribution in [-0.2, 0) is 9.59 Å². The molecule has 0 unspecified atom stereocenters. The molecule has 2 amide bonds. The van der Waals surface area contributed by atoms with Gasteiger partial charge >= 0.3 is 0 Å². The van der Waals surface area contributed by atoms with E-state index in [2.05, 4.69) is 15.5 Å². The molecule has 1 aromatic heterocycles. The Kier molecular flexibility index (Phi) is 6.91. The lowest BCUT2D eigenvalue weighted by atomic mass is 10.3. The molecule has 0 saturated carbocycles. The SMILES string of the molecule is COc1ccc(-n2c(C)nnc2SCC(=O)NCCCN2CCCC2=O)cc1. The molecule has 150 valence electrons. The molecule has 28 heavy (non-hydrogen) atoms. The Morgan fingerprint density at radius 1 is 1.29 bits per heavy atom. The molecule has 8 nitrogen and oxygen atoms in total. The largest absolute Gasteiger partial charge is 0.497 e. The second kappa shape index (κ2) is 9.59. The van der Waals surface area contributed by atoms with Crippen molar-refractivity contribution in [1.29, 1.82) is 0 Å². The number of rotatable bonds is 9. The summed E-state index contributed by atoms with van der Waals surface area (Å²) in [5, 5.41) is 11.9. The number of ether oxygens (including phenoxy) is 1. The van der Waals surface area contributed by atoms with E-state index in [1.165, 1.54) is 11.8 Å². The van der Waals surface area contributed by atoms with Gasteiger partial charge in [0.2, 0.25) is 11.8 Å². The molecule has 0 bridgehead atoms. The molecule has 1 fully saturated rings. The number of nitrogens with zero attached hydrogens (tertiary/aromatic N) is 4. The van der Waals surface area contributed by atoms with Crippen LogP contribution in [0.15, 0.2) is 29.4 Å². The van der Waals surface area contributed by atoms with E-state index in [9.17, 15) is 9.59 Å². The van der Waals surface area contributed by atoms with Gasteiger partial charge in [0.15, 0.2) is 5.16 Å². The van der Waals surface area contributed by atoms with E-state index in [0.29, 0.717) is 24.7 Å². The Hall–Kier alpha value is -2.55. The molecule has 1 N–H and O–H groups in total. The van der Waals surface area contributed by atoms with Gasteiger partial charge in [-0.05, 0) is 44.0 Å². The van der Waals surface area contributed by atoms with E-state index in [4.69, 9.17) is 4.74 Å². The molecule has 3 rings (SSSR count). The van der Waals surface area contributed by atoms with Crippen LogP contribution in [0.1, 0.15) is 25.1 Å². The van der Waals surface area contributed by atoms with Crippen molar-refractivity contribution < 1.29 is 14.3 Å². The van der Waals surface area contributed by atoms with Crippen molar-refractivity contribution in [2.24, 2.45) is 0 Å². The first-order valence-electron chi connectivity index (χ1n) is 9.32. The number of hydrogen-bond donors (Lipinski definition) is 1. The summed E-state index contributed by atoms with van der Waals surface area (Å²) in [5.74, 6) is 1.95. The maximum atomic E-state index is 12.1. The van der Waals surface area contributed by atoms with E-state index < -0.39 is 0 Å². The van der Waals surface area contributed by atoms with E-state index >= 15 is 0 Å². The number of amides is 2. The van der Waals surface area contributed by atoms with Crippen LogP contribution in [0.25, 0.3) is 5.69 Å². The predicted octanol–water partition coefficient (Wildman–Crippen LogP) is 1.81. The number of benzene rings is 1. The van der Waals surface area contributed by atoms with Crippen molar-refractivity contribution in [3.05, 3.63) is 30.1 Å². The zero-order chi connectivity index (χ0) is 19.9. The Morgan fingerprint density at radius 2 is 2.07 bits per heavy atom. The summed E-state index contributed by atoms with van der Waals surface area (Å²) in [4.78, 5) is 25.6. The van der Waals surface area contributed by atoms with Crippen LogP contribution in [0.3, 0.4) is 0 Å². The normalized spacial score (nSPS) is 13.8. The number of carbonyl (C=O) groups excluding carboxylic acids is 2. The first-order valence-corrected chi connectivity index (χ1v) is 10.3. The molecule has 0 spiro atoms. The fourth-order valence-electron chi connectivity index (χ4n) is 3.08. The first-order chi connectivity index (χ1) is 13.6. The summed E-state index contributed by atoms with van der Waals surface area (Å²) in [5.41, 5.74) is 0.918. The molecule has 2 aromatic rings. The van der Waals surface area contributed by atoms with Crippen molar-refractivity contribution in [2.45, 2.75) is 31.3 Å². The van der Waals surface area contributed by atoms with Gasteiger partial charge in [0.1, 0.15) is 11.6 Å². The minimum absolute atomic E-state index is 0.0558. The smallest absolute Gasteiger partial charge is 0.230 e. The number of aryl methyl sites for hydroxylation is 1. The molecular weight excluding hydrogens is 378 g/mol. The number of methoxy groups -OCH3 is 1. The van der Waals surface area contributed by atoms with Crippen LogP contribution in [0.4, 0.5) is 0 Å². The highest BCUT2D eigenvalue weighted by Gasteiger charge is 2.19. The quantitative estimate of drug-likeness (QED) is 0.507. The van der Waals surface area contributed by atoms with Crippen LogP contribution in [-0.4, -0.2) is 64.0 Å². The number of thioether (sulfide) groups is 1. The third kappa shape index (κ3) is 5.03. The summed E-state index contributed by atoms with van der Waals surface area (Å²) in [6.45, 7) is 3.98. The summed E-state index contributed by atoms with van der Waals surface area (Å²) >= 11 is 1.35. The van der Waals surface area contributed by atoms with Crippen LogP contribution in [0.2, 0.25) is 0 Å². The van der Waals surface area contributed by atoms with Crippen LogP contribution >= 0.6 is 11.8 Å². The molecule has 0 aliphatic carbocycles. The summed E-state index contributed by atoms with van der Waals surface area (Å²) in [6, 6.07) is 7.61. The molecule has 0 radical (unpaired) electrons. The monoisotopic (exact) mass is 403 g/mol. The minimum atomic E-state index is -0.0558. The minimum Gasteiger partial charge on any atom is -0.497 e. The first kappa shape index (κ1) is 20.2. The average Bonchev–Trinajstić information content (AvgIpc) is 3.29. The van der Waals surface area contributed by atoms with Gasteiger partial charge in [-0.15, -0.1) is 10.2 Å². The van der Waals surface area contributed by atoms with Gasteiger partial charge in [-0.2, -0.15) is 0 Å². The second-order valence-corrected chi connectivity index (χ2v) is 7.48. The Balaban J connectivity index is 1.47. The topological polar surface area (TPSA) is 89.3 Å². The fourth-order valence-corrected chi connectivity index (χ4v) is 3.91. The number of hydrogen-bond acceptors (Lipinski definition) is 6. The van der Waals surface area contributed by atoms with Gasteiger partial charge in [0.25, 0.3) is 0 Å². The van der Waals surface area contributed by atoms with Gasteiger partial charge in [0.05, 0.1) is 12.9 Å². The van der Waals surface area contributed by atoms with Gasteiger partial charge in [-0.1, -0.05) is 11.8 Å². The highest BCUT2D eigenvalue weighted by Crippen LogP contribution is 2.23. The fraction of sp³-hybridized carbons (Fsp3) is 0.474. The number of carbonyl (C=O) groups is 2. The van der Waals surface area contributed by atoms with Crippen LogP contribution in [0, 0.1) is 6.92 Å². The molecular formula is C19H25N5O3S. The Morgan fingerprint density at radius 3 is 2.75 bits per heavy atom. The van der Waals surface area contributed by atoms with E-state index in [1.54, 1.807) is 7.11 Å². The molecule has 9 heteroatoms. The van der Waals surface area contributed by atoms with Crippen molar-refractivity contribution in [2.75, 3.05) is 32.5 Å². The van der Waals surface area contributed by atoms with E-state index in [1.807, 2.05) is 40.7 Å². The summed E-state index contributed by atoms with van der Waals surface area (Å²) in [6.07, 6.45) is 2.36. The molecule has 0 atom stereocenters. The molecule has 2 heterocycles. The highest BCUT2D eigenvalue weighted by atomic mass is 32.2. The number of likely N-dealkylation sites (tertiary alicyclic amines) is 1. The number of nitrogens with one attached hydrogen (secondary N) is 1. The maximum absolute atomic E-state index is 12.1. The molecule has 1 aliphatic heterocycles. The van der Waals surface area contributed by atoms with Crippen molar-refractivity contribution in [3.8, 4) is 11.4 Å². The third-order valence-electron chi connectivity index (χ3n) is 4.56. The Labute approximate surface area is 168 Å². The maximum Gasteiger partial charge on any atom is 0.230 e.